The number of hydrogen-bond donors (Lipinski definition) is 3. The third-order valence-electron chi connectivity index (χ3n) is 3.26. The first-order chi connectivity index (χ1) is 11.5. The van der Waals surface area contributed by atoms with Crippen LogP contribution in [0.5, 0.6) is 5.75 Å². The molecule has 3 N–H and O–H groups in total. The molecule has 5 nitrogen and oxygen atoms in total. The molecule has 0 fully saturated rings. The molecule has 0 saturated carbocycles. The Kier molecular flexibility index (Phi) is 5.83. The number of carbonyl (C=O) groups is 1. The molecule has 0 atom stereocenters. The molecule has 0 unspecified atom stereocenters. The lowest BCUT2D eigenvalue weighted by atomic mass is 10.2. The highest BCUT2D eigenvalue weighted by Crippen LogP contribution is 2.20. The van der Waals surface area contributed by atoms with E-state index in [0.29, 0.717) is 22.8 Å². The van der Waals surface area contributed by atoms with Gasteiger partial charge in [-0.3, -0.25) is 4.79 Å². The molecule has 0 aromatic heterocycles. The molecule has 0 radical (unpaired) electrons. The van der Waals surface area contributed by atoms with E-state index in [1.54, 1.807) is 25.1 Å². The molecule has 0 aliphatic carbocycles. The number of phenols is 1. The normalized spacial score (nSPS) is 10.8. The zero-order valence-corrected chi connectivity index (χ0v) is 13.8. The minimum Gasteiger partial charge on any atom is -0.508 e. The highest BCUT2D eigenvalue weighted by Gasteiger charge is 2.10. The van der Waals surface area contributed by atoms with Crippen molar-refractivity contribution in [1.82, 2.24) is 5.32 Å². The van der Waals surface area contributed by atoms with Gasteiger partial charge < -0.3 is 15.7 Å². The van der Waals surface area contributed by atoms with E-state index in [1.165, 1.54) is 18.3 Å². The predicted molar refractivity (Wildman–Crippen MR) is 93.5 cm³/mol. The van der Waals surface area contributed by atoms with Gasteiger partial charge in [0, 0.05) is 23.5 Å². The minimum atomic E-state index is -0.523. The number of amides is 1. The van der Waals surface area contributed by atoms with E-state index in [-0.39, 0.29) is 11.3 Å². The van der Waals surface area contributed by atoms with Crippen LogP contribution in [0.25, 0.3) is 0 Å². The lowest BCUT2D eigenvalue weighted by Crippen LogP contribution is -2.17. The maximum Gasteiger partial charge on any atom is 0.267 e. The van der Waals surface area contributed by atoms with Crippen molar-refractivity contribution < 1.29 is 9.90 Å². The summed E-state index contributed by atoms with van der Waals surface area (Å²) in [6.45, 7) is 2.19. The van der Waals surface area contributed by atoms with Gasteiger partial charge in [-0.05, 0) is 48.4 Å². The summed E-state index contributed by atoms with van der Waals surface area (Å²) in [6.07, 6.45) is 1.37. The quantitative estimate of drug-likeness (QED) is 0.441. The van der Waals surface area contributed by atoms with Gasteiger partial charge in [-0.1, -0.05) is 23.7 Å². The first kappa shape index (κ1) is 17.4. The van der Waals surface area contributed by atoms with Crippen LogP contribution in [-0.4, -0.2) is 11.0 Å². The van der Waals surface area contributed by atoms with E-state index in [2.05, 4.69) is 10.6 Å². The van der Waals surface area contributed by atoms with E-state index < -0.39 is 5.91 Å². The van der Waals surface area contributed by atoms with E-state index in [1.807, 2.05) is 18.2 Å². The zero-order valence-electron chi connectivity index (χ0n) is 13.0. The van der Waals surface area contributed by atoms with Crippen LogP contribution in [0.2, 0.25) is 5.02 Å². The lowest BCUT2D eigenvalue weighted by Gasteiger charge is -2.08. The molecule has 0 aliphatic heterocycles. The summed E-state index contributed by atoms with van der Waals surface area (Å²) in [4.78, 5) is 12.2. The molecule has 122 valence electrons. The van der Waals surface area contributed by atoms with Gasteiger partial charge in [-0.15, -0.1) is 0 Å². The predicted octanol–water partition coefficient (Wildman–Crippen LogP) is 3.49. The van der Waals surface area contributed by atoms with Gasteiger partial charge in [0.2, 0.25) is 0 Å². The SMILES string of the molecule is Cc1cc(O)ccc1NC(=O)/C(C#N)=C\NCc1cccc(Cl)c1. The highest BCUT2D eigenvalue weighted by molar-refractivity contribution is 6.30. The number of aromatic hydroxyl groups is 1. The van der Waals surface area contributed by atoms with Crippen molar-refractivity contribution in [1.29, 1.82) is 5.26 Å². The fourth-order valence-corrected chi connectivity index (χ4v) is 2.26. The second-order valence-electron chi connectivity index (χ2n) is 5.13. The summed E-state index contributed by atoms with van der Waals surface area (Å²) < 4.78 is 0. The maximum atomic E-state index is 12.2. The number of hydrogen-bond acceptors (Lipinski definition) is 4. The number of aryl methyl sites for hydroxylation is 1. The van der Waals surface area contributed by atoms with E-state index >= 15 is 0 Å². The monoisotopic (exact) mass is 341 g/mol. The Morgan fingerprint density at radius 1 is 1.33 bits per heavy atom. The third kappa shape index (κ3) is 4.77. The average Bonchev–Trinajstić information content (AvgIpc) is 2.54. The zero-order chi connectivity index (χ0) is 17.5. The van der Waals surface area contributed by atoms with Crippen LogP contribution in [0.15, 0.2) is 54.2 Å². The van der Waals surface area contributed by atoms with Crippen LogP contribution in [0.4, 0.5) is 5.69 Å². The Hall–Kier alpha value is -2.97. The smallest absolute Gasteiger partial charge is 0.267 e. The van der Waals surface area contributed by atoms with E-state index in [9.17, 15) is 9.90 Å². The van der Waals surface area contributed by atoms with Gasteiger partial charge in [-0.2, -0.15) is 5.26 Å². The van der Waals surface area contributed by atoms with Gasteiger partial charge in [0.25, 0.3) is 5.91 Å². The maximum absolute atomic E-state index is 12.2. The summed E-state index contributed by atoms with van der Waals surface area (Å²) in [5.74, 6) is -0.408. The van der Waals surface area contributed by atoms with Crippen molar-refractivity contribution in [2.75, 3.05) is 5.32 Å². The molecule has 0 spiro atoms. The van der Waals surface area contributed by atoms with Crippen molar-refractivity contribution in [2.24, 2.45) is 0 Å². The van der Waals surface area contributed by atoms with Gasteiger partial charge >= 0.3 is 0 Å². The molecule has 24 heavy (non-hydrogen) atoms. The number of nitriles is 1. The Morgan fingerprint density at radius 3 is 2.79 bits per heavy atom. The molecule has 0 saturated heterocycles. The van der Waals surface area contributed by atoms with Crippen molar-refractivity contribution in [3.8, 4) is 11.8 Å². The van der Waals surface area contributed by atoms with Gasteiger partial charge in [0.05, 0.1) is 0 Å². The number of benzene rings is 2. The molecule has 2 aromatic carbocycles. The molecule has 6 heteroatoms. The van der Waals surface area contributed by atoms with Gasteiger partial charge in [-0.25, -0.2) is 0 Å². The first-order valence-electron chi connectivity index (χ1n) is 7.18. The number of halogens is 1. The number of nitrogens with zero attached hydrogens (tertiary/aromatic N) is 1. The summed E-state index contributed by atoms with van der Waals surface area (Å²) in [6, 6.07) is 13.7. The summed E-state index contributed by atoms with van der Waals surface area (Å²) in [5, 5.41) is 24.7. The topological polar surface area (TPSA) is 85.2 Å². The van der Waals surface area contributed by atoms with Crippen LogP contribution in [0.1, 0.15) is 11.1 Å². The number of phenolic OH excluding ortho intramolecular Hbond substituents is 1. The second kappa shape index (κ2) is 8.04. The van der Waals surface area contributed by atoms with Crippen LogP contribution >= 0.6 is 11.6 Å². The molecular weight excluding hydrogens is 326 g/mol. The van der Waals surface area contributed by atoms with E-state index in [0.717, 1.165) is 5.56 Å². The van der Waals surface area contributed by atoms with Gasteiger partial charge in [0.1, 0.15) is 17.4 Å². The number of rotatable bonds is 5. The Labute approximate surface area is 145 Å². The van der Waals surface area contributed by atoms with Crippen molar-refractivity contribution >= 4 is 23.2 Å². The molecule has 0 bridgehead atoms. The summed E-state index contributed by atoms with van der Waals surface area (Å²) in [5.41, 5.74) is 2.12. The Morgan fingerprint density at radius 2 is 2.12 bits per heavy atom. The molecule has 1 amide bonds. The highest BCUT2D eigenvalue weighted by atomic mass is 35.5. The van der Waals surface area contributed by atoms with Gasteiger partial charge in [0.15, 0.2) is 0 Å². The second-order valence-corrected chi connectivity index (χ2v) is 5.57. The summed E-state index contributed by atoms with van der Waals surface area (Å²) in [7, 11) is 0. The molecule has 0 heterocycles. The fourth-order valence-electron chi connectivity index (χ4n) is 2.04. The number of anilines is 1. The molecule has 0 aliphatic rings. The van der Waals surface area contributed by atoms with Crippen LogP contribution < -0.4 is 10.6 Å². The Balaban J connectivity index is 2.01. The third-order valence-corrected chi connectivity index (χ3v) is 3.50. The van der Waals surface area contributed by atoms with Crippen molar-refractivity contribution in [2.45, 2.75) is 13.5 Å². The van der Waals surface area contributed by atoms with E-state index in [4.69, 9.17) is 16.9 Å². The standard InChI is InChI=1S/C18H16ClN3O2/c1-12-7-16(23)5-6-17(12)22-18(24)14(9-20)11-21-10-13-3-2-4-15(19)8-13/h2-8,11,21,23H,10H2,1H3,(H,22,24)/b14-11-. The Bertz CT molecular complexity index is 825. The first-order valence-corrected chi connectivity index (χ1v) is 7.56. The van der Waals surface area contributed by atoms with Crippen molar-refractivity contribution in [3.05, 3.63) is 70.4 Å². The fraction of sp³-hybridized carbons (Fsp3) is 0.111. The lowest BCUT2D eigenvalue weighted by molar-refractivity contribution is -0.112. The number of nitrogens with one attached hydrogen (secondary N) is 2. The molecule has 2 aromatic rings. The molecular formula is C18H16ClN3O2. The van der Waals surface area contributed by atoms with Crippen LogP contribution in [0, 0.1) is 18.3 Å². The van der Waals surface area contributed by atoms with Crippen LogP contribution in [0.3, 0.4) is 0 Å². The minimum absolute atomic E-state index is 0.0514. The largest absolute Gasteiger partial charge is 0.508 e. The number of carbonyl (C=O) groups excluding carboxylic acids is 1. The van der Waals surface area contributed by atoms with Crippen LogP contribution in [-0.2, 0) is 11.3 Å². The summed E-state index contributed by atoms with van der Waals surface area (Å²) >= 11 is 5.90. The van der Waals surface area contributed by atoms with Crippen molar-refractivity contribution in [3.63, 3.8) is 0 Å². The molecule has 2 rings (SSSR count). The average molecular weight is 342 g/mol.